The molecule has 0 aliphatic heterocycles. The summed E-state index contributed by atoms with van der Waals surface area (Å²) >= 11 is 4.90. The van der Waals surface area contributed by atoms with Gasteiger partial charge in [0.25, 0.3) is 5.91 Å². The van der Waals surface area contributed by atoms with Crippen LogP contribution in [0.25, 0.3) is 10.2 Å². The zero-order valence-electron chi connectivity index (χ0n) is 17.8. The van der Waals surface area contributed by atoms with Crippen molar-refractivity contribution in [2.24, 2.45) is 5.10 Å². The number of amides is 1. The molecule has 0 spiro atoms. The number of aromatic nitrogens is 1. The molecular formula is C24H21BrN4O2S. The van der Waals surface area contributed by atoms with Gasteiger partial charge >= 0.3 is 0 Å². The first-order valence-electron chi connectivity index (χ1n) is 9.80. The third-order valence-corrected chi connectivity index (χ3v) is 6.27. The summed E-state index contributed by atoms with van der Waals surface area (Å²) in [5, 5.41) is 6.37. The molecule has 162 valence electrons. The van der Waals surface area contributed by atoms with Crippen LogP contribution in [0.15, 0.2) is 76.3 Å². The lowest BCUT2D eigenvalue weighted by atomic mass is 10.2. The summed E-state index contributed by atoms with van der Waals surface area (Å²) in [5.74, 6) is 0.506. The first-order valence-corrected chi connectivity index (χ1v) is 11.4. The summed E-state index contributed by atoms with van der Waals surface area (Å²) in [6.45, 7) is 0. The normalized spacial score (nSPS) is 11.1. The molecule has 4 rings (SSSR count). The van der Waals surface area contributed by atoms with Crippen molar-refractivity contribution in [2.75, 3.05) is 31.1 Å². The lowest BCUT2D eigenvalue weighted by Crippen LogP contribution is -2.25. The second-order valence-electron chi connectivity index (χ2n) is 7.18. The molecule has 0 saturated heterocycles. The molecule has 32 heavy (non-hydrogen) atoms. The molecule has 0 atom stereocenters. The van der Waals surface area contributed by atoms with Gasteiger partial charge in [-0.3, -0.25) is 4.79 Å². The van der Waals surface area contributed by atoms with Crippen LogP contribution < -0.4 is 14.6 Å². The van der Waals surface area contributed by atoms with E-state index in [1.165, 1.54) is 16.3 Å². The van der Waals surface area contributed by atoms with Crippen molar-refractivity contribution in [3.05, 3.63) is 82.3 Å². The van der Waals surface area contributed by atoms with Gasteiger partial charge in [-0.05, 0) is 72.3 Å². The first-order chi connectivity index (χ1) is 15.4. The van der Waals surface area contributed by atoms with Crippen molar-refractivity contribution < 1.29 is 9.53 Å². The van der Waals surface area contributed by atoms with Crippen LogP contribution in [0, 0.1) is 0 Å². The standard InChI is InChI=1S/C24H21BrN4O2S/c1-28(2)19-9-6-17(7-10-19)23(30)29(26-15-16-4-11-20(31-3)12-5-16)24-27-21-13-8-18(25)14-22(21)32-24/h4-15H,1-3H3/b26-15+. The first kappa shape index (κ1) is 22.0. The monoisotopic (exact) mass is 508 g/mol. The maximum absolute atomic E-state index is 13.4. The van der Waals surface area contributed by atoms with Crippen molar-refractivity contribution in [3.63, 3.8) is 0 Å². The molecule has 1 aromatic heterocycles. The van der Waals surface area contributed by atoms with Crippen LogP contribution in [0.1, 0.15) is 15.9 Å². The second-order valence-corrected chi connectivity index (χ2v) is 9.11. The molecular weight excluding hydrogens is 488 g/mol. The topological polar surface area (TPSA) is 58.0 Å². The van der Waals surface area contributed by atoms with Crippen molar-refractivity contribution in [1.29, 1.82) is 0 Å². The Morgan fingerprint density at radius 3 is 2.44 bits per heavy atom. The highest BCUT2D eigenvalue weighted by Gasteiger charge is 2.21. The number of anilines is 2. The number of carbonyl (C=O) groups excluding carboxylic acids is 1. The van der Waals surface area contributed by atoms with Gasteiger partial charge < -0.3 is 9.64 Å². The van der Waals surface area contributed by atoms with Crippen LogP contribution in [0.5, 0.6) is 5.75 Å². The molecule has 0 aliphatic carbocycles. The molecule has 3 aromatic carbocycles. The lowest BCUT2D eigenvalue weighted by Gasteiger charge is -2.16. The van der Waals surface area contributed by atoms with Gasteiger partial charge in [0.05, 0.1) is 23.5 Å². The molecule has 1 amide bonds. The van der Waals surface area contributed by atoms with Crippen molar-refractivity contribution in [1.82, 2.24) is 4.98 Å². The molecule has 0 N–H and O–H groups in total. The summed E-state index contributed by atoms with van der Waals surface area (Å²) in [6, 6.07) is 20.7. The van der Waals surface area contributed by atoms with Crippen LogP contribution in [0.4, 0.5) is 10.8 Å². The van der Waals surface area contributed by atoms with Crippen LogP contribution in [-0.4, -0.2) is 38.3 Å². The predicted octanol–water partition coefficient (Wildman–Crippen LogP) is 5.81. The second kappa shape index (κ2) is 9.50. The Morgan fingerprint density at radius 2 is 1.78 bits per heavy atom. The minimum absolute atomic E-state index is 0.252. The fraction of sp³-hybridized carbons (Fsp3) is 0.125. The van der Waals surface area contributed by atoms with Crippen molar-refractivity contribution in [2.45, 2.75) is 0 Å². The summed E-state index contributed by atoms with van der Waals surface area (Å²) < 4.78 is 7.13. The zero-order chi connectivity index (χ0) is 22.7. The number of methoxy groups -OCH3 is 1. The molecule has 0 aliphatic rings. The van der Waals surface area contributed by atoms with Crippen LogP contribution in [-0.2, 0) is 0 Å². The van der Waals surface area contributed by atoms with Gasteiger partial charge in [-0.2, -0.15) is 10.1 Å². The Morgan fingerprint density at radius 1 is 1.06 bits per heavy atom. The summed E-state index contributed by atoms with van der Waals surface area (Å²) in [4.78, 5) is 20.1. The molecule has 0 radical (unpaired) electrons. The van der Waals surface area contributed by atoms with E-state index in [2.05, 4.69) is 26.0 Å². The van der Waals surface area contributed by atoms with Crippen molar-refractivity contribution >= 4 is 60.4 Å². The van der Waals surface area contributed by atoms with Gasteiger partial charge in [0.1, 0.15) is 5.75 Å². The highest BCUT2D eigenvalue weighted by molar-refractivity contribution is 9.10. The number of rotatable bonds is 6. The Balaban J connectivity index is 1.72. The van der Waals surface area contributed by atoms with Crippen LogP contribution >= 0.6 is 27.3 Å². The highest BCUT2D eigenvalue weighted by Crippen LogP contribution is 2.32. The van der Waals surface area contributed by atoms with E-state index in [-0.39, 0.29) is 5.91 Å². The number of halogens is 1. The Hall–Kier alpha value is -3.23. The van der Waals surface area contributed by atoms with E-state index in [9.17, 15) is 4.79 Å². The smallest absolute Gasteiger partial charge is 0.280 e. The van der Waals surface area contributed by atoms with E-state index in [1.807, 2.05) is 73.6 Å². The number of nitrogens with zero attached hydrogens (tertiary/aromatic N) is 4. The Kier molecular flexibility index (Phi) is 6.53. The maximum Gasteiger partial charge on any atom is 0.280 e. The maximum atomic E-state index is 13.4. The predicted molar refractivity (Wildman–Crippen MR) is 135 cm³/mol. The summed E-state index contributed by atoms with van der Waals surface area (Å²) in [6.07, 6.45) is 1.65. The number of thiazole rings is 1. The number of ether oxygens (including phenoxy) is 1. The molecule has 1 heterocycles. The highest BCUT2D eigenvalue weighted by atomic mass is 79.9. The minimum atomic E-state index is -0.252. The fourth-order valence-electron chi connectivity index (χ4n) is 3.00. The van der Waals surface area contributed by atoms with Gasteiger partial charge in [-0.1, -0.05) is 27.3 Å². The quantitative estimate of drug-likeness (QED) is 0.243. The SMILES string of the molecule is COc1ccc(/C=N/N(C(=O)c2ccc(N(C)C)cc2)c2nc3ccc(Br)cc3s2)cc1. The van der Waals surface area contributed by atoms with E-state index < -0.39 is 0 Å². The molecule has 0 bridgehead atoms. The average molecular weight is 509 g/mol. The summed E-state index contributed by atoms with van der Waals surface area (Å²) in [7, 11) is 5.54. The molecule has 4 aromatic rings. The van der Waals surface area contributed by atoms with Gasteiger partial charge in [0.15, 0.2) is 0 Å². The van der Waals surface area contributed by atoms with Gasteiger partial charge in [-0.25, -0.2) is 4.98 Å². The van der Waals surface area contributed by atoms with E-state index in [4.69, 9.17) is 4.74 Å². The van der Waals surface area contributed by atoms with Crippen LogP contribution in [0.2, 0.25) is 0 Å². The number of hydrazone groups is 1. The van der Waals surface area contributed by atoms with E-state index in [0.29, 0.717) is 10.7 Å². The summed E-state index contributed by atoms with van der Waals surface area (Å²) in [5.41, 5.74) is 3.20. The van der Waals surface area contributed by atoms with Crippen molar-refractivity contribution in [3.8, 4) is 5.75 Å². The van der Waals surface area contributed by atoms with Gasteiger partial charge in [0.2, 0.25) is 5.13 Å². The van der Waals surface area contributed by atoms with Crippen LogP contribution in [0.3, 0.4) is 0 Å². The third-order valence-electron chi connectivity index (χ3n) is 4.78. The average Bonchev–Trinajstić information content (AvgIpc) is 3.22. The largest absolute Gasteiger partial charge is 0.497 e. The van der Waals surface area contributed by atoms with E-state index in [0.717, 1.165) is 31.7 Å². The number of hydrogen-bond donors (Lipinski definition) is 0. The molecule has 0 fully saturated rings. The molecule has 8 heteroatoms. The fourth-order valence-corrected chi connectivity index (χ4v) is 4.48. The third kappa shape index (κ3) is 4.81. The Bertz CT molecular complexity index is 1270. The van der Waals surface area contributed by atoms with E-state index in [1.54, 1.807) is 25.5 Å². The van der Waals surface area contributed by atoms with Gasteiger partial charge in [0, 0.05) is 29.8 Å². The number of hydrogen-bond acceptors (Lipinski definition) is 6. The zero-order valence-corrected chi connectivity index (χ0v) is 20.2. The minimum Gasteiger partial charge on any atom is -0.497 e. The lowest BCUT2D eigenvalue weighted by molar-refractivity contribution is 0.0988. The molecule has 0 unspecified atom stereocenters. The Labute approximate surface area is 198 Å². The number of carbonyl (C=O) groups is 1. The number of fused-ring (bicyclic) bond motifs is 1. The molecule has 6 nitrogen and oxygen atoms in total. The molecule has 0 saturated carbocycles. The number of benzene rings is 3. The van der Waals surface area contributed by atoms with Gasteiger partial charge in [-0.15, -0.1) is 0 Å². The van der Waals surface area contributed by atoms with E-state index >= 15 is 0 Å².